The van der Waals surface area contributed by atoms with Crippen LogP contribution >= 0.6 is 0 Å². The lowest BCUT2D eigenvalue weighted by atomic mass is 10.3. The molecule has 0 fully saturated rings. The van der Waals surface area contributed by atoms with Crippen molar-refractivity contribution in [1.29, 1.82) is 0 Å². The van der Waals surface area contributed by atoms with Crippen LogP contribution in [-0.2, 0) is 0 Å². The highest BCUT2D eigenvalue weighted by atomic mass is 19.1. The molecule has 0 N–H and O–H groups in total. The van der Waals surface area contributed by atoms with Crippen LogP contribution in [0.2, 0.25) is 0 Å². The maximum Gasteiger partial charge on any atom is 0.281 e. The van der Waals surface area contributed by atoms with Crippen molar-refractivity contribution in [2.45, 2.75) is 0 Å². The summed E-state index contributed by atoms with van der Waals surface area (Å²) in [5.41, 5.74) is 0.923. The van der Waals surface area contributed by atoms with Crippen LogP contribution in [0.1, 0.15) is 0 Å². The molecule has 104 valence electrons. The minimum Gasteiger partial charge on any atom is -0.692 e. The molecule has 2 aromatic heterocycles. The predicted molar refractivity (Wildman–Crippen MR) is 65.3 cm³/mol. The number of benzene rings is 2. The van der Waals surface area contributed by atoms with E-state index in [0.717, 1.165) is 16.9 Å². The van der Waals surface area contributed by atoms with Gasteiger partial charge in [-0.15, -0.1) is 4.85 Å². The standard InChI is InChI=1S/C12H5F2N5O2/c13-6-1-3-9(7(14)5-6)18-15-12-10(19(18)20)4-2-8-11(12)17-21-16-8/h1-5H. The highest BCUT2D eigenvalue weighted by molar-refractivity contribution is 5.97. The normalized spacial score (nSPS) is 11.5. The second-order valence-electron chi connectivity index (χ2n) is 4.32. The van der Waals surface area contributed by atoms with Gasteiger partial charge in [0.1, 0.15) is 11.3 Å². The van der Waals surface area contributed by atoms with Crippen molar-refractivity contribution in [3.05, 3.63) is 47.2 Å². The first-order chi connectivity index (χ1) is 10.1. The smallest absolute Gasteiger partial charge is 0.281 e. The van der Waals surface area contributed by atoms with Crippen LogP contribution in [0.4, 0.5) is 8.78 Å². The Bertz CT molecular complexity index is 994. The molecule has 21 heavy (non-hydrogen) atoms. The van der Waals surface area contributed by atoms with E-state index in [2.05, 4.69) is 20.0 Å². The van der Waals surface area contributed by atoms with E-state index < -0.39 is 11.6 Å². The van der Waals surface area contributed by atoms with Gasteiger partial charge >= 0.3 is 0 Å². The Balaban J connectivity index is 2.07. The summed E-state index contributed by atoms with van der Waals surface area (Å²) in [5, 5.41) is 23.5. The third-order valence-corrected chi connectivity index (χ3v) is 3.08. The van der Waals surface area contributed by atoms with E-state index in [1.165, 1.54) is 12.1 Å². The molecule has 0 bridgehead atoms. The van der Waals surface area contributed by atoms with Gasteiger partial charge in [-0.05, 0) is 39.4 Å². The second-order valence-corrected chi connectivity index (χ2v) is 4.32. The zero-order valence-electron chi connectivity index (χ0n) is 10.2. The van der Waals surface area contributed by atoms with Crippen molar-refractivity contribution in [1.82, 2.24) is 20.2 Å². The van der Waals surface area contributed by atoms with Crippen molar-refractivity contribution in [2.75, 3.05) is 0 Å². The fourth-order valence-electron chi connectivity index (χ4n) is 2.11. The molecule has 0 amide bonds. The van der Waals surface area contributed by atoms with E-state index >= 15 is 0 Å². The van der Waals surface area contributed by atoms with E-state index in [-0.39, 0.29) is 16.7 Å². The number of nitrogens with zero attached hydrogens (tertiary/aromatic N) is 5. The first kappa shape index (κ1) is 11.7. The van der Waals surface area contributed by atoms with E-state index in [4.69, 9.17) is 0 Å². The van der Waals surface area contributed by atoms with Gasteiger partial charge in [0.2, 0.25) is 5.52 Å². The van der Waals surface area contributed by atoms with E-state index in [1.807, 2.05) is 0 Å². The van der Waals surface area contributed by atoms with Gasteiger partial charge in [-0.1, -0.05) is 0 Å². The Labute approximate surface area is 114 Å². The first-order valence-corrected chi connectivity index (χ1v) is 5.84. The summed E-state index contributed by atoms with van der Waals surface area (Å²) in [6.07, 6.45) is 0. The molecule has 0 radical (unpaired) electrons. The minimum atomic E-state index is -0.901. The van der Waals surface area contributed by atoms with Crippen molar-refractivity contribution >= 4 is 22.1 Å². The SMILES string of the molecule is [O-][n+]1c2ccc3nonc3c2nn1-c1ccc(F)cc1F. The zero-order valence-corrected chi connectivity index (χ0v) is 10.2. The molecule has 7 nitrogen and oxygen atoms in total. The van der Waals surface area contributed by atoms with Crippen LogP contribution in [0.15, 0.2) is 35.0 Å². The van der Waals surface area contributed by atoms with Crippen LogP contribution in [0, 0.1) is 16.8 Å². The minimum absolute atomic E-state index is 0.168. The maximum absolute atomic E-state index is 13.8. The van der Waals surface area contributed by atoms with Gasteiger partial charge in [0.05, 0.1) is 5.10 Å². The molecule has 4 aromatic rings. The summed E-state index contributed by atoms with van der Waals surface area (Å²) in [6, 6.07) is 5.85. The lowest BCUT2D eigenvalue weighted by Gasteiger charge is -2.04. The Morgan fingerprint density at radius 3 is 2.76 bits per heavy atom. The molecule has 0 saturated carbocycles. The molecule has 2 aromatic carbocycles. The van der Waals surface area contributed by atoms with E-state index in [1.54, 1.807) is 0 Å². The largest absolute Gasteiger partial charge is 0.692 e. The van der Waals surface area contributed by atoms with Crippen LogP contribution in [0.25, 0.3) is 27.8 Å². The van der Waals surface area contributed by atoms with Crippen LogP contribution < -0.4 is 4.85 Å². The van der Waals surface area contributed by atoms with Gasteiger partial charge < -0.3 is 5.21 Å². The van der Waals surface area contributed by atoms with Crippen molar-refractivity contribution in [3.63, 3.8) is 0 Å². The molecule has 0 aliphatic carbocycles. The number of aromatic nitrogens is 5. The Morgan fingerprint density at radius 1 is 1.10 bits per heavy atom. The molecule has 0 aliphatic heterocycles. The summed E-state index contributed by atoms with van der Waals surface area (Å²) in [6.45, 7) is 0. The molecule has 0 spiro atoms. The lowest BCUT2D eigenvalue weighted by molar-refractivity contribution is -0.664. The molecule has 0 saturated heterocycles. The third kappa shape index (κ3) is 1.57. The highest BCUT2D eigenvalue weighted by Crippen LogP contribution is 2.20. The zero-order chi connectivity index (χ0) is 14.6. The molecule has 4 rings (SSSR count). The summed E-state index contributed by atoms with van der Waals surface area (Å²) in [7, 11) is 0. The Morgan fingerprint density at radius 2 is 1.95 bits per heavy atom. The molecule has 0 unspecified atom stereocenters. The maximum atomic E-state index is 13.8. The average Bonchev–Trinajstić information content (AvgIpc) is 3.04. The van der Waals surface area contributed by atoms with Crippen LogP contribution in [0.3, 0.4) is 0 Å². The number of halogens is 2. The van der Waals surface area contributed by atoms with Gasteiger partial charge in [0.15, 0.2) is 17.0 Å². The number of fused-ring (bicyclic) bond motifs is 3. The molecule has 0 aliphatic rings. The molecular formula is C12H5F2N5O2. The van der Waals surface area contributed by atoms with Crippen molar-refractivity contribution in [3.8, 4) is 5.69 Å². The summed E-state index contributed by atoms with van der Waals surface area (Å²) in [5.74, 6) is -1.64. The molecule has 9 heteroatoms. The molecule has 2 heterocycles. The lowest BCUT2D eigenvalue weighted by Crippen LogP contribution is -2.37. The quantitative estimate of drug-likeness (QED) is 0.391. The van der Waals surface area contributed by atoms with Gasteiger partial charge in [-0.2, -0.15) is 0 Å². The fourth-order valence-corrected chi connectivity index (χ4v) is 2.11. The predicted octanol–water partition coefficient (Wildman–Crippen LogP) is 1.47. The summed E-state index contributed by atoms with van der Waals surface area (Å²) < 4.78 is 31.3. The molecular weight excluding hydrogens is 284 g/mol. The van der Waals surface area contributed by atoms with Crippen molar-refractivity contribution in [2.24, 2.45) is 0 Å². The van der Waals surface area contributed by atoms with Crippen LogP contribution in [0.5, 0.6) is 0 Å². The Hall–Kier alpha value is -3.10. The van der Waals surface area contributed by atoms with Gasteiger partial charge in [0.25, 0.3) is 5.52 Å². The first-order valence-electron chi connectivity index (χ1n) is 5.84. The summed E-state index contributed by atoms with van der Waals surface area (Å²) in [4.78, 5) is 1.17. The topological polar surface area (TPSA) is 83.7 Å². The number of rotatable bonds is 1. The Kier molecular flexibility index (Phi) is 2.20. The fraction of sp³-hybridized carbons (Fsp3) is 0. The monoisotopic (exact) mass is 289 g/mol. The van der Waals surface area contributed by atoms with Crippen LogP contribution in [-0.4, -0.2) is 20.2 Å². The van der Waals surface area contributed by atoms with Gasteiger partial charge in [-0.25, -0.2) is 13.4 Å². The second kappa shape index (κ2) is 3.95. The number of hydrogen-bond acceptors (Lipinski definition) is 5. The van der Waals surface area contributed by atoms with Gasteiger partial charge in [-0.3, -0.25) is 0 Å². The third-order valence-electron chi connectivity index (χ3n) is 3.08. The average molecular weight is 289 g/mol. The van der Waals surface area contributed by atoms with E-state index in [9.17, 15) is 14.0 Å². The van der Waals surface area contributed by atoms with Gasteiger partial charge in [0, 0.05) is 6.07 Å². The number of hydrogen-bond donors (Lipinski definition) is 0. The highest BCUT2D eigenvalue weighted by Gasteiger charge is 2.23. The molecule has 0 atom stereocenters. The van der Waals surface area contributed by atoms with E-state index in [0.29, 0.717) is 21.9 Å². The van der Waals surface area contributed by atoms with Crippen molar-refractivity contribution < 1.29 is 18.3 Å². The summed E-state index contributed by atoms with van der Waals surface area (Å²) >= 11 is 0.